The van der Waals surface area contributed by atoms with Crippen molar-refractivity contribution in [3.8, 4) is 11.1 Å². The highest BCUT2D eigenvalue weighted by Crippen LogP contribution is 2.51. The number of quaternary nitrogens is 2. The van der Waals surface area contributed by atoms with Gasteiger partial charge in [-0.1, -0.05) is 109 Å². The molecule has 2 aromatic heterocycles. The third kappa shape index (κ3) is 9.10. The molecule has 4 aromatic carbocycles. The van der Waals surface area contributed by atoms with Crippen molar-refractivity contribution in [3.63, 3.8) is 0 Å². The van der Waals surface area contributed by atoms with Gasteiger partial charge in [0.2, 0.25) is 0 Å². The van der Waals surface area contributed by atoms with Crippen LogP contribution >= 0.6 is 0 Å². The summed E-state index contributed by atoms with van der Waals surface area (Å²) in [4.78, 5) is 9.43. The van der Waals surface area contributed by atoms with E-state index in [1.165, 1.54) is 57.0 Å². The summed E-state index contributed by atoms with van der Waals surface area (Å²) in [5.41, 5.74) is 9.77. The number of rotatable bonds is 17. The lowest BCUT2D eigenvalue weighted by Crippen LogP contribution is -3.00. The number of hydrogen-bond donors (Lipinski definition) is 0. The highest BCUT2D eigenvalue weighted by molar-refractivity contribution is 5.83. The van der Waals surface area contributed by atoms with Gasteiger partial charge in [0.1, 0.15) is 37.4 Å². The van der Waals surface area contributed by atoms with Gasteiger partial charge in [-0.3, -0.25) is 9.97 Å². The zero-order valence-corrected chi connectivity index (χ0v) is 41.3. The van der Waals surface area contributed by atoms with Gasteiger partial charge in [0, 0.05) is 71.8 Å². The Morgan fingerprint density at radius 2 is 0.955 bits per heavy atom. The Kier molecular flexibility index (Phi) is 15.1. The van der Waals surface area contributed by atoms with Crippen molar-refractivity contribution < 1.29 is 52.4 Å². The maximum atomic E-state index is 6.83. The normalized spacial score (nSPS) is 27.3. The number of halogens is 2. The lowest BCUT2D eigenvalue weighted by molar-refractivity contribution is -0.985. The van der Waals surface area contributed by atoms with Gasteiger partial charge in [-0.05, 0) is 58.4 Å². The first-order valence-electron chi connectivity index (χ1n) is 23.7. The standard InChI is InChI=1S/C58H64N4O2.2BrH/c1-5-33-63-57(51-25-29-59-53-15-11-9-13-49(51)53)55-35-47-27-31-61(55,39-43(47)7-3)37-41-17-21-45(22-18-41)46-23-19-42(20-24-46)38-62-32-28-48(44(8-4)40-62)36-56(62)58(64-34-6-2)52-26-30-60-54-16-12-10-14-50(52)54;;/h5-26,29-30,43-44,47-48,55-58H,1-4,27-28,31-40H2;2*1H/q+2;;/p-2/t43?,44?,47?,48?,55?,56?,57-,58-,61?,62?;;/m1../s1. The minimum atomic E-state index is -0.0573. The molecule has 342 valence electrons. The number of ether oxygens (including phenoxy) is 2. The summed E-state index contributed by atoms with van der Waals surface area (Å²) in [6.07, 6.45) is 16.7. The van der Waals surface area contributed by atoms with Gasteiger partial charge in [0.05, 0.1) is 50.4 Å². The molecule has 0 aliphatic carbocycles. The summed E-state index contributed by atoms with van der Waals surface area (Å²) in [7, 11) is 0. The molecule has 0 saturated carbocycles. The SMILES string of the molecule is C=CCO[C@H](c1ccnc2ccccc12)C1CC2CC[N+]1(Cc1ccc(-c3ccc(C[N+]45CCC(CC4[C@H](OCC=C)c4ccnc6ccccc46)C(C=C)C5)cc3)cc1)CC2C=C.[Br-].[Br-]. The van der Waals surface area contributed by atoms with E-state index in [0.717, 1.165) is 72.1 Å². The average molecular weight is 1010 g/mol. The smallest absolute Gasteiger partial charge is 0.135 e. The summed E-state index contributed by atoms with van der Waals surface area (Å²) in [5, 5.41) is 2.36. The van der Waals surface area contributed by atoms with Crippen LogP contribution in [0, 0.1) is 23.7 Å². The maximum Gasteiger partial charge on any atom is 0.135 e. The third-order valence-electron chi connectivity index (χ3n) is 16.1. The molecular formula is C58H64Br2N4O2. The molecule has 0 spiro atoms. The summed E-state index contributed by atoms with van der Waals surface area (Å²) in [6.45, 7) is 24.2. The number of aromatic nitrogens is 2. The van der Waals surface area contributed by atoms with Crippen LogP contribution in [0.2, 0.25) is 0 Å². The summed E-state index contributed by atoms with van der Waals surface area (Å²) in [6, 6.07) is 40.9. The number of pyridine rings is 2. The molecule has 8 unspecified atom stereocenters. The molecule has 10 atom stereocenters. The van der Waals surface area contributed by atoms with Crippen LogP contribution in [-0.4, -0.2) is 70.4 Å². The first-order chi connectivity index (χ1) is 31.4. The molecule has 6 nitrogen and oxygen atoms in total. The number of benzene rings is 4. The number of fused-ring (bicyclic) bond motifs is 8. The van der Waals surface area contributed by atoms with Crippen LogP contribution in [-0.2, 0) is 22.6 Å². The Morgan fingerprint density at radius 1 is 0.545 bits per heavy atom. The van der Waals surface area contributed by atoms with E-state index in [1.54, 1.807) is 0 Å². The van der Waals surface area contributed by atoms with Crippen molar-refractivity contribution in [1.29, 1.82) is 0 Å². The van der Waals surface area contributed by atoms with Gasteiger partial charge >= 0.3 is 0 Å². The molecule has 0 radical (unpaired) electrons. The van der Waals surface area contributed by atoms with E-state index in [0.29, 0.717) is 49.0 Å². The van der Waals surface area contributed by atoms with E-state index in [1.807, 2.05) is 24.5 Å². The maximum absolute atomic E-state index is 6.83. The fourth-order valence-corrected chi connectivity index (χ4v) is 13.0. The molecule has 0 N–H and O–H groups in total. The van der Waals surface area contributed by atoms with Gasteiger partial charge in [-0.15, -0.1) is 26.3 Å². The topological polar surface area (TPSA) is 44.2 Å². The molecule has 0 amide bonds. The van der Waals surface area contributed by atoms with Gasteiger partial charge in [-0.25, -0.2) is 0 Å². The third-order valence-corrected chi connectivity index (χ3v) is 16.1. The Balaban J connectivity index is 0.00000296. The summed E-state index contributed by atoms with van der Waals surface area (Å²) >= 11 is 0. The summed E-state index contributed by atoms with van der Waals surface area (Å²) in [5.74, 6) is 2.28. The van der Waals surface area contributed by atoms with Gasteiger partial charge in [0.25, 0.3) is 0 Å². The molecule has 8 heteroatoms. The minimum absolute atomic E-state index is 0. The van der Waals surface area contributed by atoms with E-state index in [4.69, 9.17) is 19.4 Å². The van der Waals surface area contributed by atoms with Gasteiger partial charge in [-0.2, -0.15) is 0 Å². The molecule has 66 heavy (non-hydrogen) atoms. The van der Waals surface area contributed by atoms with Crippen LogP contribution in [0.25, 0.3) is 32.9 Å². The summed E-state index contributed by atoms with van der Waals surface area (Å²) < 4.78 is 15.7. The van der Waals surface area contributed by atoms with Gasteiger partial charge < -0.3 is 52.4 Å². The van der Waals surface area contributed by atoms with E-state index in [2.05, 4.69) is 148 Å². The number of hydrogen-bond acceptors (Lipinski definition) is 4. The first kappa shape index (κ1) is 47.9. The molecule has 6 saturated heterocycles. The van der Waals surface area contributed by atoms with Crippen LogP contribution in [0.5, 0.6) is 0 Å². The van der Waals surface area contributed by atoms with E-state index < -0.39 is 0 Å². The molecule has 4 bridgehead atoms. The second-order valence-corrected chi connectivity index (χ2v) is 19.4. The molecular weight excluding hydrogens is 944 g/mol. The molecule has 12 rings (SSSR count). The van der Waals surface area contributed by atoms with E-state index in [9.17, 15) is 0 Å². The Labute approximate surface area is 413 Å². The Hall–Kier alpha value is -4.54. The quantitative estimate of drug-likeness (QED) is 0.0812. The van der Waals surface area contributed by atoms with Crippen molar-refractivity contribution in [2.45, 2.75) is 63.1 Å². The second-order valence-electron chi connectivity index (χ2n) is 19.4. The molecule has 6 aliphatic rings. The number of nitrogens with zero attached hydrogens (tertiary/aromatic N) is 4. The highest BCUT2D eigenvalue weighted by Gasteiger charge is 2.56. The predicted octanol–water partition coefficient (Wildman–Crippen LogP) is 6.17. The van der Waals surface area contributed by atoms with Crippen LogP contribution in [0.3, 0.4) is 0 Å². The van der Waals surface area contributed by atoms with Crippen molar-refractivity contribution >= 4 is 21.8 Å². The first-order valence-corrected chi connectivity index (χ1v) is 23.7. The van der Waals surface area contributed by atoms with E-state index in [-0.39, 0.29) is 46.2 Å². The lowest BCUT2D eigenvalue weighted by atomic mass is 9.71. The highest BCUT2D eigenvalue weighted by atomic mass is 79.9. The monoisotopic (exact) mass is 1010 g/mol. The van der Waals surface area contributed by atoms with Crippen LogP contribution < -0.4 is 34.0 Å². The van der Waals surface area contributed by atoms with Crippen molar-refractivity contribution in [3.05, 3.63) is 194 Å². The molecule has 8 heterocycles. The van der Waals surface area contributed by atoms with E-state index >= 15 is 0 Å². The predicted molar refractivity (Wildman–Crippen MR) is 261 cm³/mol. The second kappa shape index (κ2) is 20.8. The zero-order valence-electron chi connectivity index (χ0n) is 38.2. The van der Waals surface area contributed by atoms with Crippen LogP contribution in [0.1, 0.15) is 60.1 Å². The zero-order chi connectivity index (χ0) is 43.7. The largest absolute Gasteiger partial charge is 1.00 e. The fourth-order valence-electron chi connectivity index (χ4n) is 13.0. The van der Waals surface area contributed by atoms with Crippen LogP contribution in [0.15, 0.2) is 172 Å². The number of para-hydroxylation sites is 2. The minimum Gasteiger partial charge on any atom is -1.00 e. The van der Waals surface area contributed by atoms with Crippen molar-refractivity contribution in [1.82, 2.24) is 9.97 Å². The van der Waals surface area contributed by atoms with Crippen molar-refractivity contribution in [2.24, 2.45) is 23.7 Å². The lowest BCUT2D eigenvalue weighted by Gasteiger charge is -2.58. The number of piperidine rings is 6. The molecule has 6 aromatic rings. The van der Waals surface area contributed by atoms with Gasteiger partial charge in [0.15, 0.2) is 0 Å². The Morgan fingerprint density at radius 3 is 1.35 bits per heavy atom. The molecule has 6 aliphatic heterocycles. The van der Waals surface area contributed by atoms with Crippen molar-refractivity contribution in [2.75, 3.05) is 39.4 Å². The fraction of sp³-hybridized carbons (Fsp3) is 0.345. The van der Waals surface area contributed by atoms with Crippen LogP contribution in [0.4, 0.5) is 0 Å². The Bertz CT molecular complexity index is 2460. The molecule has 6 fully saturated rings. The average Bonchev–Trinajstić information content (AvgIpc) is 3.35.